The summed E-state index contributed by atoms with van der Waals surface area (Å²) in [7, 11) is 1.81. The predicted molar refractivity (Wildman–Crippen MR) is 104 cm³/mol. The van der Waals surface area contributed by atoms with Crippen LogP contribution in [0.25, 0.3) is 0 Å². The maximum atomic E-state index is 5.34. The number of hydrogen-bond acceptors (Lipinski definition) is 3. The number of ether oxygens (including phenoxy) is 1. The monoisotopic (exact) mass is 334 g/mol. The highest BCUT2D eigenvalue weighted by atomic mass is 16.5. The minimum absolute atomic E-state index is 0.797. The minimum atomic E-state index is 0.797. The van der Waals surface area contributed by atoms with Gasteiger partial charge in [0.25, 0.3) is 0 Å². The number of rotatable bonds is 11. The molecule has 0 saturated heterocycles. The van der Waals surface area contributed by atoms with Crippen LogP contribution in [0, 0.1) is 6.92 Å². The third kappa shape index (κ3) is 7.68. The van der Waals surface area contributed by atoms with Crippen LogP contribution in [0.4, 0.5) is 5.69 Å². The quantitative estimate of drug-likeness (QED) is 0.371. The number of nitrogens with one attached hydrogen (secondary N) is 2. The molecule has 0 aliphatic rings. The lowest BCUT2D eigenvalue weighted by Gasteiger charge is -2.25. The number of guanidine groups is 1. The van der Waals surface area contributed by atoms with Crippen molar-refractivity contribution in [1.82, 2.24) is 10.6 Å². The zero-order valence-corrected chi connectivity index (χ0v) is 15.8. The maximum absolute atomic E-state index is 5.34. The normalized spacial score (nSPS) is 11.4. The molecule has 0 unspecified atom stereocenters. The number of anilines is 1. The number of hydrogen-bond donors (Lipinski definition) is 2. The molecular weight excluding hydrogens is 300 g/mol. The van der Waals surface area contributed by atoms with E-state index in [1.807, 2.05) is 14.0 Å². The molecule has 1 aromatic carbocycles. The van der Waals surface area contributed by atoms with Crippen LogP contribution in [0.5, 0.6) is 0 Å². The van der Waals surface area contributed by atoms with E-state index in [1.54, 1.807) is 0 Å². The molecule has 5 heteroatoms. The first-order chi connectivity index (χ1) is 11.7. The Kier molecular flexibility index (Phi) is 10.7. The fraction of sp³-hybridized carbons (Fsp3) is 0.632. The molecule has 0 aliphatic heterocycles. The van der Waals surface area contributed by atoms with Crippen molar-refractivity contribution in [1.29, 1.82) is 0 Å². The first-order valence-corrected chi connectivity index (χ1v) is 9.05. The molecule has 1 aromatic rings. The summed E-state index contributed by atoms with van der Waals surface area (Å²) in [5, 5.41) is 6.75. The van der Waals surface area contributed by atoms with E-state index >= 15 is 0 Å². The Morgan fingerprint density at radius 1 is 1.12 bits per heavy atom. The van der Waals surface area contributed by atoms with Gasteiger partial charge in [0.05, 0.1) is 0 Å². The van der Waals surface area contributed by atoms with Gasteiger partial charge in [0.2, 0.25) is 0 Å². The van der Waals surface area contributed by atoms with Crippen molar-refractivity contribution >= 4 is 11.6 Å². The van der Waals surface area contributed by atoms with Gasteiger partial charge in [-0.1, -0.05) is 18.2 Å². The zero-order valence-electron chi connectivity index (χ0n) is 15.8. The third-order valence-corrected chi connectivity index (χ3v) is 3.95. The average Bonchev–Trinajstić information content (AvgIpc) is 2.60. The van der Waals surface area contributed by atoms with Crippen LogP contribution in [-0.4, -0.2) is 52.4 Å². The average molecular weight is 335 g/mol. The fourth-order valence-corrected chi connectivity index (χ4v) is 2.58. The van der Waals surface area contributed by atoms with E-state index in [-0.39, 0.29) is 0 Å². The summed E-state index contributed by atoms with van der Waals surface area (Å²) in [6.45, 7) is 11.7. The Bertz CT molecular complexity index is 476. The number of benzene rings is 1. The second-order valence-corrected chi connectivity index (χ2v) is 5.70. The summed E-state index contributed by atoms with van der Waals surface area (Å²) in [6.07, 6.45) is 2.17. The highest BCUT2D eigenvalue weighted by Gasteiger charge is 2.06. The van der Waals surface area contributed by atoms with Crippen molar-refractivity contribution < 1.29 is 4.74 Å². The lowest BCUT2D eigenvalue weighted by atomic mass is 10.2. The molecule has 5 nitrogen and oxygen atoms in total. The molecule has 0 bridgehead atoms. The number of aryl methyl sites for hydroxylation is 1. The molecule has 24 heavy (non-hydrogen) atoms. The summed E-state index contributed by atoms with van der Waals surface area (Å²) < 4.78 is 5.34. The van der Waals surface area contributed by atoms with Crippen molar-refractivity contribution in [3.8, 4) is 0 Å². The molecule has 0 amide bonds. The van der Waals surface area contributed by atoms with E-state index in [2.05, 4.69) is 58.6 Å². The highest BCUT2D eigenvalue weighted by Crippen LogP contribution is 2.18. The Morgan fingerprint density at radius 3 is 2.54 bits per heavy atom. The maximum Gasteiger partial charge on any atom is 0.191 e. The summed E-state index contributed by atoms with van der Waals surface area (Å²) in [6, 6.07) is 8.53. The summed E-state index contributed by atoms with van der Waals surface area (Å²) in [4.78, 5) is 6.67. The molecule has 0 spiro atoms. The second kappa shape index (κ2) is 12.6. The molecular formula is C19H34N4O. The summed E-state index contributed by atoms with van der Waals surface area (Å²) in [5.74, 6) is 0.868. The molecule has 2 N–H and O–H groups in total. The SMILES string of the molecule is CCOCCCCNC(=NC)NCCN(CC)c1ccccc1C. The van der Waals surface area contributed by atoms with Crippen LogP contribution in [0.2, 0.25) is 0 Å². The van der Waals surface area contributed by atoms with Crippen molar-refractivity contribution in [3.63, 3.8) is 0 Å². The lowest BCUT2D eigenvalue weighted by molar-refractivity contribution is 0.143. The molecule has 0 aliphatic carbocycles. The van der Waals surface area contributed by atoms with Crippen molar-refractivity contribution in [2.75, 3.05) is 51.3 Å². The molecule has 0 atom stereocenters. The van der Waals surface area contributed by atoms with Crippen LogP contribution in [0.1, 0.15) is 32.3 Å². The highest BCUT2D eigenvalue weighted by molar-refractivity contribution is 5.79. The molecule has 136 valence electrons. The van der Waals surface area contributed by atoms with E-state index in [9.17, 15) is 0 Å². The van der Waals surface area contributed by atoms with Crippen molar-refractivity contribution in [2.24, 2.45) is 4.99 Å². The molecule has 0 aromatic heterocycles. The molecule has 1 rings (SSSR count). The van der Waals surface area contributed by atoms with Gasteiger partial charge in [0.15, 0.2) is 5.96 Å². The van der Waals surface area contributed by atoms with E-state index in [0.717, 1.165) is 58.2 Å². The minimum Gasteiger partial charge on any atom is -0.382 e. The Hall–Kier alpha value is -1.75. The number of para-hydroxylation sites is 1. The number of unbranched alkanes of at least 4 members (excludes halogenated alkanes) is 1. The van der Waals surface area contributed by atoms with E-state index in [1.165, 1.54) is 11.3 Å². The fourth-order valence-electron chi connectivity index (χ4n) is 2.58. The van der Waals surface area contributed by atoms with Gasteiger partial charge in [-0.05, 0) is 45.2 Å². The molecule has 0 radical (unpaired) electrons. The first-order valence-electron chi connectivity index (χ1n) is 9.05. The Labute approximate surface area is 147 Å². The number of nitrogens with zero attached hydrogens (tertiary/aromatic N) is 2. The van der Waals surface area contributed by atoms with Crippen LogP contribution in [0.3, 0.4) is 0 Å². The second-order valence-electron chi connectivity index (χ2n) is 5.70. The number of likely N-dealkylation sites (N-methyl/N-ethyl adjacent to an activating group) is 1. The Balaban J connectivity index is 2.29. The largest absolute Gasteiger partial charge is 0.382 e. The van der Waals surface area contributed by atoms with E-state index in [0.29, 0.717) is 0 Å². The van der Waals surface area contributed by atoms with Crippen molar-refractivity contribution in [3.05, 3.63) is 29.8 Å². The van der Waals surface area contributed by atoms with Gasteiger partial charge in [0, 0.05) is 52.1 Å². The van der Waals surface area contributed by atoms with Crippen molar-refractivity contribution in [2.45, 2.75) is 33.6 Å². The Morgan fingerprint density at radius 2 is 1.88 bits per heavy atom. The van der Waals surface area contributed by atoms with E-state index < -0.39 is 0 Å². The van der Waals surface area contributed by atoms with Gasteiger partial charge < -0.3 is 20.3 Å². The molecule has 0 fully saturated rings. The third-order valence-electron chi connectivity index (χ3n) is 3.95. The van der Waals surface area contributed by atoms with E-state index in [4.69, 9.17) is 4.74 Å². The van der Waals surface area contributed by atoms with Crippen LogP contribution < -0.4 is 15.5 Å². The predicted octanol–water partition coefficient (Wildman–Crippen LogP) is 2.80. The van der Waals surface area contributed by atoms with Gasteiger partial charge >= 0.3 is 0 Å². The van der Waals surface area contributed by atoms with Gasteiger partial charge in [-0.25, -0.2) is 0 Å². The zero-order chi connectivity index (χ0) is 17.6. The van der Waals surface area contributed by atoms with Crippen LogP contribution in [0.15, 0.2) is 29.3 Å². The standard InChI is InChI=1S/C19H34N4O/c1-5-23(18-12-8-7-11-17(18)3)15-14-22-19(20-4)21-13-9-10-16-24-6-2/h7-8,11-12H,5-6,9-10,13-16H2,1-4H3,(H2,20,21,22). The number of aliphatic imine (C=N–C) groups is 1. The smallest absolute Gasteiger partial charge is 0.191 e. The van der Waals surface area contributed by atoms with Gasteiger partial charge in [-0.15, -0.1) is 0 Å². The van der Waals surface area contributed by atoms with Crippen LogP contribution in [-0.2, 0) is 4.74 Å². The summed E-state index contributed by atoms with van der Waals surface area (Å²) in [5.41, 5.74) is 2.62. The van der Waals surface area contributed by atoms with Gasteiger partial charge in [-0.2, -0.15) is 0 Å². The first kappa shape index (κ1) is 20.3. The molecule has 0 saturated carbocycles. The lowest BCUT2D eigenvalue weighted by Crippen LogP contribution is -2.42. The summed E-state index contributed by atoms with van der Waals surface area (Å²) >= 11 is 0. The van der Waals surface area contributed by atoms with Gasteiger partial charge in [-0.3, -0.25) is 4.99 Å². The topological polar surface area (TPSA) is 48.9 Å². The van der Waals surface area contributed by atoms with Gasteiger partial charge in [0.1, 0.15) is 0 Å². The van der Waals surface area contributed by atoms with Crippen LogP contribution >= 0.6 is 0 Å². The molecule has 0 heterocycles.